The Morgan fingerprint density at radius 1 is 1.50 bits per heavy atom. The van der Waals surface area contributed by atoms with Crippen LogP contribution in [0.2, 0.25) is 0 Å². The lowest BCUT2D eigenvalue weighted by molar-refractivity contribution is 0.197. The summed E-state index contributed by atoms with van der Waals surface area (Å²) in [5, 5.41) is 1.98. The third-order valence-electron chi connectivity index (χ3n) is 1.32. The highest BCUT2D eigenvalue weighted by Gasteiger charge is 2.16. The van der Waals surface area contributed by atoms with Gasteiger partial charge in [0.05, 0.1) is 0 Å². The van der Waals surface area contributed by atoms with Crippen LogP contribution < -0.4 is 0 Å². The number of hydrogen-bond donors (Lipinski definition) is 0. The van der Waals surface area contributed by atoms with Gasteiger partial charge in [0.25, 0.3) is 0 Å². The average Bonchev–Trinajstić information content (AvgIpc) is 2.51. The van der Waals surface area contributed by atoms with Gasteiger partial charge in [0, 0.05) is 6.54 Å². The van der Waals surface area contributed by atoms with Crippen LogP contribution in [0, 0.1) is 0 Å². The molecule has 0 spiro atoms. The molecule has 8 heavy (non-hydrogen) atoms. The molecular formula is C6H13NO. The first kappa shape index (κ1) is 6.05. The maximum atomic E-state index is 4.89. The van der Waals surface area contributed by atoms with E-state index in [0.29, 0.717) is 0 Å². The maximum absolute atomic E-state index is 4.89. The van der Waals surface area contributed by atoms with Gasteiger partial charge in [0.15, 0.2) is 0 Å². The van der Waals surface area contributed by atoms with Crippen molar-refractivity contribution in [3.05, 3.63) is 0 Å². The van der Waals surface area contributed by atoms with Crippen LogP contribution in [0.5, 0.6) is 0 Å². The first-order chi connectivity index (χ1) is 3.93. The van der Waals surface area contributed by atoms with Crippen LogP contribution in [0.4, 0.5) is 0 Å². The summed E-state index contributed by atoms with van der Waals surface area (Å²) in [4.78, 5) is 4.89. The monoisotopic (exact) mass is 115 g/mol. The Kier molecular flexibility index (Phi) is 2.30. The van der Waals surface area contributed by atoms with Gasteiger partial charge in [-0.1, -0.05) is 19.8 Å². The molecule has 1 aliphatic rings. The van der Waals surface area contributed by atoms with Crippen LogP contribution in [0.25, 0.3) is 0 Å². The lowest BCUT2D eigenvalue weighted by Crippen LogP contribution is -1.96. The van der Waals surface area contributed by atoms with Crippen LogP contribution in [-0.2, 0) is 4.84 Å². The summed E-state index contributed by atoms with van der Waals surface area (Å²) in [5.74, 6) is 0. The summed E-state index contributed by atoms with van der Waals surface area (Å²) in [6, 6.07) is 0. The highest BCUT2D eigenvalue weighted by molar-refractivity contribution is 4.47. The second kappa shape index (κ2) is 3.05. The Morgan fingerprint density at radius 2 is 2.25 bits per heavy atom. The normalized spacial score (nSPS) is 25.9. The maximum Gasteiger partial charge on any atom is 0.144 e. The van der Waals surface area contributed by atoms with E-state index in [1.54, 1.807) is 0 Å². The first-order valence-corrected chi connectivity index (χ1v) is 3.31. The Hall–Kier alpha value is -0.0800. The standard InChI is InChI=1S/C6H13NO/c1-2-3-4-5-7-6-8-7/h2-6H2,1H3. The number of hydroxylamine groups is 2. The van der Waals surface area contributed by atoms with E-state index >= 15 is 0 Å². The van der Waals surface area contributed by atoms with Crippen LogP contribution >= 0.6 is 0 Å². The van der Waals surface area contributed by atoms with Gasteiger partial charge in [-0.05, 0) is 6.42 Å². The zero-order chi connectivity index (χ0) is 5.82. The molecule has 0 aromatic carbocycles. The van der Waals surface area contributed by atoms with Crippen molar-refractivity contribution in [3.63, 3.8) is 0 Å². The van der Waals surface area contributed by atoms with Crippen molar-refractivity contribution >= 4 is 0 Å². The molecule has 1 rings (SSSR count). The molecular weight excluding hydrogens is 102 g/mol. The van der Waals surface area contributed by atoms with Crippen molar-refractivity contribution in [1.29, 1.82) is 0 Å². The Labute approximate surface area is 50.4 Å². The summed E-state index contributed by atoms with van der Waals surface area (Å²) >= 11 is 0. The summed E-state index contributed by atoms with van der Waals surface area (Å²) < 4.78 is 0. The summed E-state index contributed by atoms with van der Waals surface area (Å²) in [6.45, 7) is 4.21. The van der Waals surface area contributed by atoms with Gasteiger partial charge in [0.1, 0.15) is 6.73 Å². The first-order valence-electron chi connectivity index (χ1n) is 3.31. The summed E-state index contributed by atoms with van der Waals surface area (Å²) in [6.07, 6.45) is 3.92. The molecule has 1 atom stereocenters. The van der Waals surface area contributed by atoms with Gasteiger partial charge in [-0.3, -0.25) is 4.84 Å². The summed E-state index contributed by atoms with van der Waals surface area (Å²) in [7, 11) is 0. The van der Waals surface area contributed by atoms with Crippen LogP contribution in [0.15, 0.2) is 0 Å². The smallest absolute Gasteiger partial charge is 0.144 e. The average molecular weight is 115 g/mol. The minimum Gasteiger partial charge on any atom is -0.279 e. The topological polar surface area (TPSA) is 15.5 Å². The van der Waals surface area contributed by atoms with E-state index in [9.17, 15) is 0 Å². The predicted octanol–water partition coefficient (Wildman–Crippen LogP) is 1.38. The van der Waals surface area contributed by atoms with Crippen molar-refractivity contribution < 1.29 is 4.84 Å². The Morgan fingerprint density at radius 3 is 2.75 bits per heavy atom. The highest BCUT2D eigenvalue weighted by atomic mass is 16.8. The van der Waals surface area contributed by atoms with Gasteiger partial charge < -0.3 is 0 Å². The third kappa shape index (κ3) is 2.28. The van der Waals surface area contributed by atoms with Crippen molar-refractivity contribution in [3.8, 4) is 0 Å². The molecule has 0 aliphatic carbocycles. The molecule has 2 nitrogen and oxygen atoms in total. The van der Waals surface area contributed by atoms with E-state index in [1.165, 1.54) is 19.3 Å². The molecule has 2 heteroatoms. The molecule has 0 saturated carbocycles. The minimum atomic E-state index is 0.865. The molecule has 0 aromatic heterocycles. The Bertz CT molecular complexity index is 61.5. The fourth-order valence-electron chi connectivity index (χ4n) is 0.708. The van der Waals surface area contributed by atoms with E-state index in [1.807, 2.05) is 5.06 Å². The zero-order valence-corrected chi connectivity index (χ0v) is 5.39. The number of rotatable bonds is 4. The third-order valence-corrected chi connectivity index (χ3v) is 1.32. The van der Waals surface area contributed by atoms with Gasteiger partial charge in [-0.15, -0.1) is 0 Å². The second-order valence-electron chi connectivity index (χ2n) is 2.17. The van der Waals surface area contributed by atoms with Crippen molar-refractivity contribution in [1.82, 2.24) is 5.06 Å². The van der Waals surface area contributed by atoms with Crippen molar-refractivity contribution in [2.75, 3.05) is 13.3 Å². The SMILES string of the molecule is CCCCCN1CO1. The number of hydrogen-bond acceptors (Lipinski definition) is 2. The molecule has 0 N–H and O–H groups in total. The minimum absolute atomic E-state index is 0.865. The molecule has 0 amide bonds. The number of nitrogens with zero attached hydrogens (tertiary/aromatic N) is 1. The molecule has 48 valence electrons. The summed E-state index contributed by atoms with van der Waals surface area (Å²) in [5.41, 5.74) is 0. The van der Waals surface area contributed by atoms with E-state index in [-0.39, 0.29) is 0 Å². The zero-order valence-electron chi connectivity index (χ0n) is 5.39. The molecule has 1 unspecified atom stereocenters. The molecule has 1 aliphatic heterocycles. The lowest BCUT2D eigenvalue weighted by atomic mass is 10.2. The molecule has 0 bridgehead atoms. The highest BCUT2D eigenvalue weighted by Crippen LogP contribution is 2.07. The van der Waals surface area contributed by atoms with Crippen LogP contribution in [-0.4, -0.2) is 18.3 Å². The van der Waals surface area contributed by atoms with Crippen LogP contribution in [0.3, 0.4) is 0 Å². The van der Waals surface area contributed by atoms with Gasteiger partial charge >= 0.3 is 0 Å². The predicted molar refractivity (Wildman–Crippen MR) is 32.2 cm³/mol. The van der Waals surface area contributed by atoms with E-state index in [4.69, 9.17) is 4.84 Å². The molecule has 1 fully saturated rings. The fourth-order valence-corrected chi connectivity index (χ4v) is 0.708. The number of unbranched alkanes of at least 4 members (excludes halogenated alkanes) is 2. The van der Waals surface area contributed by atoms with E-state index in [0.717, 1.165) is 13.3 Å². The van der Waals surface area contributed by atoms with Gasteiger partial charge in [0.2, 0.25) is 0 Å². The van der Waals surface area contributed by atoms with Gasteiger partial charge in [-0.25, -0.2) is 0 Å². The fraction of sp³-hybridized carbons (Fsp3) is 1.00. The lowest BCUT2D eigenvalue weighted by Gasteiger charge is -1.92. The van der Waals surface area contributed by atoms with Crippen molar-refractivity contribution in [2.45, 2.75) is 26.2 Å². The molecule has 0 aromatic rings. The van der Waals surface area contributed by atoms with E-state index in [2.05, 4.69) is 6.92 Å². The molecule has 1 heterocycles. The van der Waals surface area contributed by atoms with Crippen molar-refractivity contribution in [2.24, 2.45) is 0 Å². The molecule has 0 radical (unpaired) electrons. The van der Waals surface area contributed by atoms with Gasteiger partial charge in [-0.2, -0.15) is 5.06 Å². The Balaban J connectivity index is 1.74. The van der Waals surface area contributed by atoms with E-state index < -0.39 is 0 Å². The largest absolute Gasteiger partial charge is 0.279 e. The quantitative estimate of drug-likeness (QED) is 0.406. The second-order valence-corrected chi connectivity index (χ2v) is 2.17. The van der Waals surface area contributed by atoms with Crippen LogP contribution in [0.1, 0.15) is 26.2 Å². The molecule has 1 saturated heterocycles.